The van der Waals surface area contributed by atoms with Gasteiger partial charge >= 0.3 is 12.1 Å². The largest absolute Gasteiger partial charge is 0.449 e. The van der Waals surface area contributed by atoms with Gasteiger partial charge in [-0.3, -0.25) is 39.6 Å². The summed E-state index contributed by atoms with van der Waals surface area (Å²) in [5, 5.41) is 4.58. The van der Waals surface area contributed by atoms with E-state index in [4.69, 9.17) is 9.47 Å². The second kappa shape index (κ2) is 11.1. The summed E-state index contributed by atoms with van der Waals surface area (Å²) in [6, 6.07) is 17.1. The number of allylic oxidation sites excluding steroid dienone is 2. The lowest BCUT2D eigenvalue weighted by molar-refractivity contribution is -0.121. The molecule has 3 aliphatic rings. The number of hydrogen-bond donors (Lipinski definition) is 2. The predicted molar refractivity (Wildman–Crippen MR) is 156 cm³/mol. The SMILES string of the molecule is CC1CC(=O)NC(=O)N1c1ccc(OC2=C(Oc3ccc(N4C(=O)NC(=O)CC4C)cc3)C(=O)c3ccccc3C2=O)cc1. The third-order valence-corrected chi connectivity index (χ3v) is 7.48. The molecule has 0 radical (unpaired) electrons. The van der Waals surface area contributed by atoms with Crippen LogP contribution in [0.3, 0.4) is 0 Å². The number of nitrogens with one attached hydrogen (secondary N) is 2. The van der Waals surface area contributed by atoms with Crippen LogP contribution in [-0.2, 0) is 9.59 Å². The maximum absolute atomic E-state index is 13.6. The van der Waals surface area contributed by atoms with E-state index in [0.717, 1.165) is 0 Å². The van der Waals surface area contributed by atoms with E-state index < -0.39 is 23.6 Å². The normalized spacial score (nSPS) is 20.3. The van der Waals surface area contributed by atoms with Gasteiger partial charge in [-0.2, -0.15) is 0 Å². The van der Waals surface area contributed by atoms with Crippen molar-refractivity contribution < 1.29 is 38.2 Å². The maximum Gasteiger partial charge on any atom is 0.328 e. The van der Waals surface area contributed by atoms with E-state index in [1.807, 2.05) is 0 Å². The van der Waals surface area contributed by atoms with Crippen molar-refractivity contribution in [1.82, 2.24) is 10.6 Å². The van der Waals surface area contributed by atoms with Crippen molar-refractivity contribution in [1.29, 1.82) is 0 Å². The van der Waals surface area contributed by atoms with E-state index >= 15 is 0 Å². The molecule has 3 aromatic carbocycles. The Labute approximate surface area is 251 Å². The highest BCUT2D eigenvalue weighted by molar-refractivity contribution is 6.25. The molecule has 12 nitrogen and oxygen atoms in total. The molecule has 2 atom stereocenters. The third kappa shape index (κ3) is 5.17. The topological polar surface area (TPSA) is 151 Å². The molecule has 0 bridgehead atoms. The molecule has 222 valence electrons. The Hall–Kier alpha value is -5.78. The van der Waals surface area contributed by atoms with Crippen molar-refractivity contribution in [3.8, 4) is 11.5 Å². The van der Waals surface area contributed by atoms with Gasteiger partial charge in [0.2, 0.25) is 34.9 Å². The number of carbonyl (C=O) groups excluding carboxylic acids is 6. The molecular formula is C32H26N4O8. The van der Waals surface area contributed by atoms with Gasteiger partial charge in [0, 0.05) is 47.4 Å². The molecule has 0 saturated carbocycles. The van der Waals surface area contributed by atoms with Crippen molar-refractivity contribution in [3.05, 3.63) is 95.4 Å². The molecule has 0 spiro atoms. The quantitative estimate of drug-likeness (QED) is 0.433. The number of urea groups is 2. The van der Waals surface area contributed by atoms with E-state index in [9.17, 15) is 28.8 Å². The van der Waals surface area contributed by atoms with Crippen molar-refractivity contribution in [2.45, 2.75) is 38.8 Å². The van der Waals surface area contributed by atoms with Crippen LogP contribution in [0.2, 0.25) is 0 Å². The van der Waals surface area contributed by atoms with Crippen LogP contribution >= 0.6 is 0 Å². The van der Waals surface area contributed by atoms with Crippen molar-refractivity contribution in [2.75, 3.05) is 9.80 Å². The minimum Gasteiger partial charge on any atom is -0.449 e. The summed E-state index contributed by atoms with van der Waals surface area (Å²) >= 11 is 0. The fraction of sp³-hybridized carbons (Fsp3) is 0.188. The standard InChI is InChI=1S/C32H26N4O8/c1-17-15-25(37)33-31(41)35(17)19-7-11-21(12-8-19)43-29-27(39)23-5-3-4-6-24(23)28(40)30(29)44-22-13-9-20(10-14-22)36-18(2)16-26(38)34-32(36)42/h3-14,17-18H,15-16H2,1-2H3,(H,33,37,41)(H,34,38,42). The molecule has 12 heteroatoms. The summed E-state index contributed by atoms with van der Waals surface area (Å²) in [6.07, 6.45) is 0.303. The number of Topliss-reactive ketones (excluding diaryl/α,β-unsaturated/α-hetero) is 2. The van der Waals surface area contributed by atoms with Crippen LogP contribution in [0.5, 0.6) is 11.5 Å². The number of ketones is 2. The molecule has 44 heavy (non-hydrogen) atoms. The Kier molecular flexibility index (Phi) is 7.17. The average Bonchev–Trinajstić information content (AvgIpc) is 2.98. The molecule has 6 rings (SSSR count). The van der Waals surface area contributed by atoms with Crippen LogP contribution in [0.4, 0.5) is 21.0 Å². The fourth-order valence-electron chi connectivity index (χ4n) is 5.42. The first-order chi connectivity index (χ1) is 21.1. The second-order valence-corrected chi connectivity index (χ2v) is 10.6. The molecule has 2 heterocycles. The van der Waals surface area contributed by atoms with Gasteiger partial charge in [-0.05, 0) is 62.4 Å². The van der Waals surface area contributed by atoms with Crippen LogP contribution in [0.15, 0.2) is 84.3 Å². The van der Waals surface area contributed by atoms with Crippen molar-refractivity contribution >= 4 is 46.8 Å². The molecular weight excluding hydrogens is 568 g/mol. The third-order valence-electron chi connectivity index (χ3n) is 7.48. The number of anilines is 2. The fourth-order valence-corrected chi connectivity index (χ4v) is 5.42. The summed E-state index contributed by atoms with van der Waals surface area (Å²) in [4.78, 5) is 78.2. The van der Waals surface area contributed by atoms with Gasteiger partial charge in [0.1, 0.15) is 11.5 Å². The number of nitrogens with zero attached hydrogens (tertiary/aromatic N) is 2. The number of fused-ring (bicyclic) bond motifs is 1. The van der Waals surface area contributed by atoms with Gasteiger partial charge in [0.15, 0.2) is 0 Å². The first-order valence-electron chi connectivity index (χ1n) is 13.9. The summed E-state index contributed by atoms with van der Waals surface area (Å²) in [5.74, 6) is -2.02. The van der Waals surface area contributed by atoms with Gasteiger partial charge in [0.25, 0.3) is 0 Å². The Morgan fingerprint density at radius 2 is 0.932 bits per heavy atom. The Morgan fingerprint density at radius 1 is 0.568 bits per heavy atom. The molecule has 2 aliphatic heterocycles. The minimum absolute atomic E-state index is 0.151. The molecule has 6 amide bonds. The highest BCUT2D eigenvalue weighted by Crippen LogP contribution is 2.33. The lowest BCUT2D eigenvalue weighted by Gasteiger charge is -2.32. The number of hydrogen-bond acceptors (Lipinski definition) is 8. The second-order valence-electron chi connectivity index (χ2n) is 10.6. The minimum atomic E-state index is -0.554. The smallest absolute Gasteiger partial charge is 0.328 e. The van der Waals surface area contributed by atoms with Gasteiger partial charge in [-0.15, -0.1) is 0 Å². The van der Waals surface area contributed by atoms with E-state index in [2.05, 4.69) is 10.6 Å². The molecule has 2 fully saturated rings. The zero-order valence-electron chi connectivity index (χ0n) is 23.7. The Morgan fingerprint density at radius 3 is 1.27 bits per heavy atom. The molecule has 1 aliphatic carbocycles. The molecule has 2 unspecified atom stereocenters. The van der Waals surface area contributed by atoms with Crippen LogP contribution in [0.1, 0.15) is 47.4 Å². The number of ether oxygens (including phenoxy) is 2. The zero-order valence-corrected chi connectivity index (χ0v) is 23.7. The van der Waals surface area contributed by atoms with Crippen molar-refractivity contribution in [3.63, 3.8) is 0 Å². The average molecular weight is 595 g/mol. The molecule has 0 aromatic heterocycles. The Bertz CT molecular complexity index is 1630. The first kappa shape index (κ1) is 28.3. The first-order valence-corrected chi connectivity index (χ1v) is 13.9. The number of benzene rings is 3. The zero-order chi connectivity index (χ0) is 31.1. The van der Waals surface area contributed by atoms with E-state index in [0.29, 0.717) is 11.4 Å². The summed E-state index contributed by atoms with van der Waals surface area (Å²) < 4.78 is 11.9. The van der Waals surface area contributed by atoms with Crippen LogP contribution < -0.4 is 29.9 Å². The van der Waals surface area contributed by atoms with E-state index in [1.54, 1.807) is 74.5 Å². The van der Waals surface area contributed by atoms with Gasteiger partial charge in [-0.25, -0.2) is 9.59 Å². The predicted octanol–water partition coefficient (Wildman–Crippen LogP) is 4.10. The summed E-state index contributed by atoms with van der Waals surface area (Å²) in [6.45, 7) is 3.52. The van der Waals surface area contributed by atoms with Crippen molar-refractivity contribution in [2.24, 2.45) is 0 Å². The van der Waals surface area contributed by atoms with Gasteiger partial charge < -0.3 is 9.47 Å². The number of amides is 6. The molecule has 2 saturated heterocycles. The van der Waals surface area contributed by atoms with Crippen LogP contribution in [0.25, 0.3) is 0 Å². The summed E-state index contributed by atoms with van der Waals surface area (Å²) in [7, 11) is 0. The van der Waals surface area contributed by atoms with Crippen LogP contribution in [0, 0.1) is 0 Å². The Balaban J connectivity index is 1.29. The molecule has 3 aromatic rings. The number of rotatable bonds is 6. The van der Waals surface area contributed by atoms with Gasteiger partial charge in [-0.1, -0.05) is 24.3 Å². The van der Waals surface area contributed by atoms with E-state index in [-0.39, 0.29) is 70.9 Å². The highest BCUT2D eigenvalue weighted by Gasteiger charge is 2.37. The lowest BCUT2D eigenvalue weighted by atomic mass is 9.92. The monoisotopic (exact) mass is 594 g/mol. The van der Waals surface area contributed by atoms with E-state index in [1.165, 1.54) is 21.9 Å². The van der Waals surface area contributed by atoms with Crippen LogP contribution in [-0.4, -0.2) is 47.5 Å². The maximum atomic E-state index is 13.6. The van der Waals surface area contributed by atoms with Gasteiger partial charge in [0.05, 0.1) is 0 Å². The molecule has 2 N–H and O–H groups in total. The number of imide groups is 2. The lowest BCUT2D eigenvalue weighted by Crippen LogP contribution is -2.54. The number of carbonyl (C=O) groups is 6. The highest BCUT2D eigenvalue weighted by atomic mass is 16.5. The summed E-state index contributed by atoms with van der Waals surface area (Å²) in [5.41, 5.74) is 1.35.